The van der Waals surface area contributed by atoms with Crippen LogP contribution >= 0.6 is 11.8 Å². The maximum absolute atomic E-state index is 12.9. The molecule has 4 rings (SSSR count). The van der Waals surface area contributed by atoms with Crippen molar-refractivity contribution in [2.24, 2.45) is 0 Å². The smallest absolute Gasteiger partial charge is 0.233 e. The SMILES string of the molecule is CCc1cccc(CC)c1-n1c(SCC(=O)N2CCCCCC2)nnc1-c1cccnc1. The molecule has 32 heavy (non-hydrogen) atoms. The van der Waals surface area contributed by atoms with Crippen LogP contribution in [0, 0.1) is 0 Å². The third kappa shape index (κ3) is 4.88. The van der Waals surface area contributed by atoms with Crippen LogP contribution in [0.5, 0.6) is 0 Å². The summed E-state index contributed by atoms with van der Waals surface area (Å²) in [6.07, 6.45) is 10.0. The number of hydrogen-bond acceptors (Lipinski definition) is 5. The Morgan fingerprint density at radius 1 is 0.969 bits per heavy atom. The summed E-state index contributed by atoms with van der Waals surface area (Å²) in [5, 5.41) is 9.83. The Balaban J connectivity index is 1.71. The Labute approximate surface area is 194 Å². The zero-order chi connectivity index (χ0) is 22.3. The molecule has 0 bridgehead atoms. The molecule has 1 aliphatic heterocycles. The predicted octanol–water partition coefficient (Wildman–Crippen LogP) is 4.95. The number of nitrogens with zero attached hydrogens (tertiary/aromatic N) is 5. The number of pyridine rings is 1. The summed E-state index contributed by atoms with van der Waals surface area (Å²) in [6, 6.07) is 10.4. The van der Waals surface area contributed by atoms with Crippen LogP contribution in [0.4, 0.5) is 0 Å². The molecular weight excluding hydrogens is 418 g/mol. The predicted molar refractivity (Wildman–Crippen MR) is 129 cm³/mol. The van der Waals surface area contributed by atoms with Gasteiger partial charge in [-0.25, -0.2) is 0 Å². The van der Waals surface area contributed by atoms with E-state index in [0.29, 0.717) is 5.75 Å². The maximum Gasteiger partial charge on any atom is 0.233 e. The Bertz CT molecular complexity index is 1020. The van der Waals surface area contributed by atoms with Crippen LogP contribution in [-0.2, 0) is 17.6 Å². The Morgan fingerprint density at radius 2 is 1.69 bits per heavy atom. The number of amides is 1. The fraction of sp³-hybridized carbons (Fsp3) is 0.440. The van der Waals surface area contributed by atoms with Gasteiger partial charge in [0.1, 0.15) is 0 Å². The van der Waals surface area contributed by atoms with Crippen LogP contribution in [0.3, 0.4) is 0 Å². The largest absolute Gasteiger partial charge is 0.342 e. The lowest BCUT2D eigenvalue weighted by Gasteiger charge is -2.20. The Kier molecular flexibility index (Phi) is 7.58. The zero-order valence-electron chi connectivity index (χ0n) is 19.0. The van der Waals surface area contributed by atoms with E-state index in [9.17, 15) is 4.79 Å². The second-order valence-electron chi connectivity index (χ2n) is 8.10. The van der Waals surface area contributed by atoms with Crippen molar-refractivity contribution in [1.82, 2.24) is 24.6 Å². The zero-order valence-corrected chi connectivity index (χ0v) is 19.8. The summed E-state index contributed by atoms with van der Waals surface area (Å²) in [5.74, 6) is 1.33. The molecule has 0 atom stereocenters. The molecule has 1 saturated heterocycles. The molecule has 1 aliphatic rings. The molecular formula is C25H31N5OS. The Morgan fingerprint density at radius 3 is 2.31 bits per heavy atom. The molecule has 0 aliphatic carbocycles. The minimum absolute atomic E-state index is 0.189. The van der Waals surface area contributed by atoms with Crippen molar-refractivity contribution in [2.45, 2.75) is 57.5 Å². The number of aromatic nitrogens is 4. The molecule has 0 radical (unpaired) electrons. The quantitative estimate of drug-likeness (QED) is 0.478. The average Bonchev–Trinajstić information content (AvgIpc) is 3.06. The van der Waals surface area contributed by atoms with E-state index < -0.39 is 0 Å². The highest BCUT2D eigenvalue weighted by Crippen LogP contribution is 2.32. The van der Waals surface area contributed by atoms with Crippen molar-refractivity contribution in [3.8, 4) is 17.1 Å². The second kappa shape index (κ2) is 10.8. The molecule has 7 heteroatoms. The molecule has 168 valence electrons. The van der Waals surface area contributed by atoms with E-state index in [1.807, 2.05) is 23.2 Å². The van der Waals surface area contributed by atoms with Gasteiger partial charge in [0.05, 0.1) is 11.4 Å². The van der Waals surface area contributed by atoms with E-state index in [0.717, 1.165) is 61.0 Å². The van der Waals surface area contributed by atoms with E-state index in [1.165, 1.54) is 35.7 Å². The molecule has 0 unspecified atom stereocenters. The number of benzene rings is 1. The van der Waals surface area contributed by atoms with Crippen LogP contribution in [-0.4, -0.2) is 49.4 Å². The van der Waals surface area contributed by atoms with Crippen molar-refractivity contribution >= 4 is 17.7 Å². The number of rotatable bonds is 7. The van der Waals surface area contributed by atoms with Gasteiger partial charge in [0.25, 0.3) is 0 Å². The van der Waals surface area contributed by atoms with Crippen LogP contribution in [0.15, 0.2) is 47.9 Å². The van der Waals surface area contributed by atoms with E-state index in [2.05, 4.69) is 51.8 Å². The van der Waals surface area contributed by atoms with E-state index >= 15 is 0 Å². The fourth-order valence-electron chi connectivity index (χ4n) is 4.29. The number of hydrogen-bond donors (Lipinski definition) is 0. The molecule has 3 aromatic rings. The summed E-state index contributed by atoms with van der Waals surface area (Å²) in [4.78, 5) is 19.2. The van der Waals surface area contributed by atoms with Crippen molar-refractivity contribution in [3.05, 3.63) is 53.9 Å². The lowest BCUT2D eigenvalue weighted by molar-refractivity contribution is -0.128. The van der Waals surface area contributed by atoms with Gasteiger partial charge < -0.3 is 4.90 Å². The average molecular weight is 450 g/mol. The normalized spacial score (nSPS) is 14.4. The third-order valence-electron chi connectivity index (χ3n) is 6.03. The van der Waals surface area contributed by atoms with Crippen molar-refractivity contribution in [1.29, 1.82) is 0 Å². The first-order valence-electron chi connectivity index (χ1n) is 11.6. The molecule has 1 aromatic carbocycles. The summed E-state index contributed by atoms with van der Waals surface area (Å²) in [7, 11) is 0. The fourth-order valence-corrected chi connectivity index (χ4v) is 5.13. The van der Waals surface area contributed by atoms with Gasteiger partial charge in [0.15, 0.2) is 11.0 Å². The summed E-state index contributed by atoms with van der Waals surface area (Å²) >= 11 is 1.48. The maximum atomic E-state index is 12.9. The molecule has 0 N–H and O–H groups in total. The third-order valence-corrected chi connectivity index (χ3v) is 6.94. The molecule has 1 fully saturated rings. The van der Waals surface area contributed by atoms with Crippen LogP contribution < -0.4 is 0 Å². The molecule has 0 saturated carbocycles. The first kappa shape index (κ1) is 22.5. The first-order chi connectivity index (χ1) is 15.7. The van der Waals surface area contributed by atoms with Gasteiger partial charge in [0.2, 0.25) is 5.91 Å². The van der Waals surface area contributed by atoms with Crippen molar-refractivity contribution in [2.75, 3.05) is 18.8 Å². The number of thioether (sulfide) groups is 1. The molecule has 0 spiro atoms. The van der Waals surface area contributed by atoms with Crippen LogP contribution in [0.2, 0.25) is 0 Å². The first-order valence-corrected chi connectivity index (χ1v) is 12.6. The molecule has 1 amide bonds. The highest BCUT2D eigenvalue weighted by atomic mass is 32.2. The van der Waals surface area contributed by atoms with Crippen LogP contribution in [0.1, 0.15) is 50.7 Å². The van der Waals surface area contributed by atoms with Crippen molar-refractivity contribution in [3.63, 3.8) is 0 Å². The summed E-state index contributed by atoms with van der Waals surface area (Å²) in [5.41, 5.74) is 4.54. The van der Waals surface area contributed by atoms with E-state index in [1.54, 1.807) is 6.20 Å². The van der Waals surface area contributed by atoms with Gasteiger partial charge in [-0.3, -0.25) is 14.3 Å². The molecule has 3 heterocycles. The van der Waals surface area contributed by atoms with Gasteiger partial charge in [-0.15, -0.1) is 10.2 Å². The van der Waals surface area contributed by atoms with Gasteiger partial charge in [-0.1, -0.05) is 56.7 Å². The van der Waals surface area contributed by atoms with Gasteiger partial charge in [0, 0.05) is 31.0 Å². The van der Waals surface area contributed by atoms with Crippen molar-refractivity contribution < 1.29 is 4.79 Å². The topological polar surface area (TPSA) is 63.9 Å². The number of para-hydroxylation sites is 1. The standard InChI is InChI=1S/C25H31N5OS/c1-3-19-11-9-12-20(4-2)23(19)30-24(21-13-10-14-26-17-21)27-28-25(30)32-18-22(31)29-15-7-5-6-8-16-29/h9-14,17H,3-8,15-16,18H2,1-2H3. The Hall–Kier alpha value is -2.67. The summed E-state index contributed by atoms with van der Waals surface area (Å²) < 4.78 is 2.13. The number of likely N-dealkylation sites (tertiary alicyclic amines) is 1. The van der Waals surface area contributed by atoms with E-state index in [4.69, 9.17) is 0 Å². The second-order valence-corrected chi connectivity index (χ2v) is 9.04. The monoisotopic (exact) mass is 449 g/mol. The summed E-state index contributed by atoms with van der Waals surface area (Å²) in [6.45, 7) is 6.07. The van der Waals surface area contributed by atoms with Gasteiger partial charge >= 0.3 is 0 Å². The van der Waals surface area contributed by atoms with Gasteiger partial charge in [-0.05, 0) is 48.9 Å². The minimum atomic E-state index is 0.189. The van der Waals surface area contributed by atoms with Crippen LogP contribution in [0.25, 0.3) is 17.1 Å². The number of carbonyl (C=O) groups excluding carboxylic acids is 1. The number of aryl methyl sites for hydroxylation is 2. The lowest BCUT2D eigenvalue weighted by atomic mass is 10.0. The highest BCUT2D eigenvalue weighted by molar-refractivity contribution is 7.99. The molecule has 2 aromatic heterocycles. The van der Waals surface area contributed by atoms with Gasteiger partial charge in [-0.2, -0.15) is 0 Å². The highest BCUT2D eigenvalue weighted by Gasteiger charge is 2.22. The minimum Gasteiger partial charge on any atom is -0.342 e. The van der Waals surface area contributed by atoms with E-state index in [-0.39, 0.29) is 5.91 Å². The lowest BCUT2D eigenvalue weighted by Crippen LogP contribution is -2.33. The number of carbonyl (C=O) groups is 1. The molecule has 6 nitrogen and oxygen atoms in total.